The average molecular weight is 413 g/mol. The van der Waals surface area contributed by atoms with Gasteiger partial charge in [0.2, 0.25) is 0 Å². The maximum absolute atomic E-state index is 3.62. The van der Waals surface area contributed by atoms with Crippen LogP contribution in [0, 0.1) is 0 Å². The van der Waals surface area contributed by atoms with Crippen molar-refractivity contribution in [2.24, 2.45) is 0 Å². The number of aromatic nitrogens is 3. The number of nitrogens with one attached hydrogen (secondary N) is 2. The van der Waals surface area contributed by atoms with Gasteiger partial charge in [-0.2, -0.15) is 4.40 Å². The molecule has 2 N–H and O–H groups in total. The molecule has 0 fully saturated rings. The molecule has 26 heavy (non-hydrogen) atoms. The van der Waals surface area contributed by atoms with Crippen LogP contribution < -0.4 is 9.30 Å². The fraction of sp³-hybridized carbons (Fsp3) is 0.286. The van der Waals surface area contributed by atoms with Gasteiger partial charge in [0.05, 0.1) is 13.1 Å². The quantitative estimate of drug-likeness (QED) is 0.455. The summed E-state index contributed by atoms with van der Waals surface area (Å²) in [6, 6.07) is 17.1. The minimum absolute atomic E-state index is 0.992. The van der Waals surface area contributed by atoms with Crippen LogP contribution in [-0.4, -0.2) is 29.2 Å². The van der Waals surface area contributed by atoms with Crippen molar-refractivity contribution in [3.8, 4) is 11.3 Å². The monoisotopic (exact) mass is 412 g/mol. The fourth-order valence-corrected chi connectivity index (χ4v) is 3.93. The summed E-state index contributed by atoms with van der Waals surface area (Å²) in [5.74, 6) is 1.15. The molecule has 0 bridgehead atoms. The summed E-state index contributed by atoms with van der Waals surface area (Å²) in [6.07, 6.45) is 2.26. The van der Waals surface area contributed by atoms with Crippen LogP contribution >= 0.6 is 15.9 Å². The molecule has 2 heterocycles. The number of aromatic amines is 1. The number of fused-ring (bicyclic) bond motifs is 3. The highest BCUT2D eigenvalue weighted by Gasteiger charge is 2.23. The van der Waals surface area contributed by atoms with Crippen molar-refractivity contribution in [1.29, 1.82) is 0 Å². The summed E-state index contributed by atoms with van der Waals surface area (Å²) >= 11 is 3.54. The topological polar surface area (TPSA) is 29.3 Å². The van der Waals surface area contributed by atoms with Gasteiger partial charge in [0.1, 0.15) is 36.0 Å². The van der Waals surface area contributed by atoms with Crippen LogP contribution in [0.4, 0.5) is 0 Å². The standard InChI is InChI=1S/C21H23BrN4/c1-3-24(4-2)13-14-25-20(16-9-11-17(22)12-10-16)15-26-19-8-6-5-7-18(19)23-21(25)26/h5-12,15H,3-4,13-14H2,1-2H3/p+2. The first-order valence-electron chi connectivity index (χ1n) is 9.32. The fourth-order valence-electron chi connectivity index (χ4n) is 3.67. The molecule has 2 aromatic carbocycles. The number of imidazole rings is 2. The van der Waals surface area contributed by atoms with Crippen LogP contribution in [0.25, 0.3) is 28.1 Å². The van der Waals surface area contributed by atoms with Gasteiger partial charge in [0.15, 0.2) is 0 Å². The molecule has 0 aliphatic rings. The number of hydrogen-bond acceptors (Lipinski definition) is 0. The molecule has 134 valence electrons. The van der Waals surface area contributed by atoms with Gasteiger partial charge in [-0.1, -0.05) is 40.2 Å². The van der Waals surface area contributed by atoms with E-state index in [9.17, 15) is 0 Å². The predicted octanol–water partition coefficient (Wildman–Crippen LogP) is 3.06. The molecule has 0 saturated carbocycles. The molecule has 4 aromatic rings. The molecule has 0 unspecified atom stereocenters. The van der Waals surface area contributed by atoms with E-state index in [1.165, 1.54) is 22.3 Å². The van der Waals surface area contributed by atoms with Gasteiger partial charge in [-0.3, -0.25) is 0 Å². The molecule has 4 rings (SSSR count). The Hall–Kier alpha value is -2.11. The molecule has 0 amide bonds. The van der Waals surface area contributed by atoms with Gasteiger partial charge >= 0.3 is 5.78 Å². The van der Waals surface area contributed by atoms with Crippen LogP contribution in [0.15, 0.2) is 59.2 Å². The Morgan fingerprint density at radius 2 is 1.77 bits per heavy atom. The zero-order valence-electron chi connectivity index (χ0n) is 15.3. The van der Waals surface area contributed by atoms with E-state index in [4.69, 9.17) is 0 Å². The smallest absolute Gasteiger partial charge is 0.333 e. The second-order valence-corrected chi connectivity index (χ2v) is 7.63. The van der Waals surface area contributed by atoms with E-state index < -0.39 is 0 Å². The third-order valence-electron chi connectivity index (χ3n) is 5.27. The summed E-state index contributed by atoms with van der Waals surface area (Å²) in [5, 5.41) is 0. The number of benzene rings is 2. The van der Waals surface area contributed by atoms with Crippen molar-refractivity contribution in [2.75, 3.05) is 19.6 Å². The Morgan fingerprint density at radius 1 is 1.04 bits per heavy atom. The van der Waals surface area contributed by atoms with Crippen molar-refractivity contribution < 1.29 is 9.30 Å². The van der Waals surface area contributed by atoms with Crippen molar-refractivity contribution in [2.45, 2.75) is 20.4 Å². The summed E-state index contributed by atoms with van der Waals surface area (Å²) in [7, 11) is 0. The summed E-state index contributed by atoms with van der Waals surface area (Å²) in [5.41, 5.74) is 4.88. The maximum atomic E-state index is 3.62. The summed E-state index contributed by atoms with van der Waals surface area (Å²) < 4.78 is 5.81. The number of hydrogen-bond donors (Lipinski definition) is 2. The second kappa shape index (κ2) is 7.25. The Labute approximate surface area is 162 Å². The number of likely N-dealkylation sites (N-methyl/N-ethyl adjacent to an activating group) is 1. The molecular formula is C21H25BrN4+2. The Kier molecular flexibility index (Phi) is 4.83. The molecular weight excluding hydrogens is 388 g/mol. The van der Waals surface area contributed by atoms with Crippen molar-refractivity contribution in [3.05, 3.63) is 59.2 Å². The van der Waals surface area contributed by atoms with E-state index in [-0.39, 0.29) is 0 Å². The minimum atomic E-state index is 0.992. The maximum Gasteiger partial charge on any atom is 0.368 e. The van der Waals surface area contributed by atoms with Crippen LogP contribution in [0.5, 0.6) is 0 Å². The normalized spacial score (nSPS) is 11.8. The van der Waals surface area contributed by atoms with Gasteiger partial charge in [0.25, 0.3) is 0 Å². The lowest BCUT2D eigenvalue weighted by atomic mass is 10.1. The first-order valence-corrected chi connectivity index (χ1v) is 10.1. The first-order chi connectivity index (χ1) is 12.7. The lowest BCUT2D eigenvalue weighted by Crippen LogP contribution is -3.11. The highest BCUT2D eigenvalue weighted by atomic mass is 79.9. The van der Waals surface area contributed by atoms with E-state index in [1.54, 1.807) is 4.90 Å². The van der Waals surface area contributed by atoms with Gasteiger partial charge in [-0.15, -0.1) is 0 Å². The zero-order valence-corrected chi connectivity index (χ0v) is 16.9. The first kappa shape index (κ1) is 17.3. The van der Waals surface area contributed by atoms with Crippen molar-refractivity contribution in [3.63, 3.8) is 0 Å². The molecule has 0 aliphatic carbocycles. The molecule has 5 heteroatoms. The largest absolute Gasteiger partial charge is 0.368 e. The number of quaternary nitrogens is 1. The minimum Gasteiger partial charge on any atom is -0.333 e. The SMILES string of the molecule is CC[NH+](CC)CCn1c(-c2ccc(Br)cc2)c[n+]2c3ccccc3[nH]c12. The number of rotatable bonds is 6. The van der Waals surface area contributed by atoms with E-state index >= 15 is 0 Å². The highest BCUT2D eigenvalue weighted by Crippen LogP contribution is 2.24. The van der Waals surface area contributed by atoms with Gasteiger partial charge in [-0.25, -0.2) is 9.55 Å². The lowest BCUT2D eigenvalue weighted by molar-refractivity contribution is -0.897. The summed E-state index contributed by atoms with van der Waals surface area (Å²) in [4.78, 5) is 5.24. The number of nitrogens with zero attached hydrogens (tertiary/aromatic N) is 2. The summed E-state index contributed by atoms with van der Waals surface area (Å²) in [6.45, 7) is 8.96. The number of para-hydroxylation sites is 2. The Morgan fingerprint density at radius 3 is 2.50 bits per heavy atom. The van der Waals surface area contributed by atoms with Gasteiger partial charge in [0, 0.05) is 10.0 Å². The van der Waals surface area contributed by atoms with Crippen molar-refractivity contribution in [1.82, 2.24) is 9.55 Å². The molecule has 0 atom stereocenters. The van der Waals surface area contributed by atoms with Crippen molar-refractivity contribution >= 4 is 32.7 Å². The molecule has 0 spiro atoms. The van der Waals surface area contributed by atoms with E-state index in [1.807, 2.05) is 0 Å². The molecule has 0 aliphatic heterocycles. The highest BCUT2D eigenvalue weighted by molar-refractivity contribution is 9.10. The van der Waals surface area contributed by atoms with Gasteiger partial charge < -0.3 is 4.90 Å². The Balaban J connectivity index is 1.85. The zero-order chi connectivity index (χ0) is 18.1. The number of halogens is 1. The predicted molar refractivity (Wildman–Crippen MR) is 109 cm³/mol. The third kappa shape index (κ3) is 3.06. The van der Waals surface area contributed by atoms with Crippen LogP contribution in [0.1, 0.15) is 13.8 Å². The lowest BCUT2D eigenvalue weighted by Gasteiger charge is -2.14. The average Bonchev–Trinajstić information content (AvgIpc) is 3.20. The molecule has 4 nitrogen and oxygen atoms in total. The molecule has 2 aromatic heterocycles. The van der Waals surface area contributed by atoms with Crippen LogP contribution in [0.2, 0.25) is 0 Å². The van der Waals surface area contributed by atoms with Gasteiger partial charge in [-0.05, 0) is 38.1 Å². The third-order valence-corrected chi connectivity index (χ3v) is 5.79. The second-order valence-electron chi connectivity index (χ2n) is 6.72. The van der Waals surface area contributed by atoms with E-state index in [2.05, 4.69) is 98.5 Å². The van der Waals surface area contributed by atoms with E-state index in [0.29, 0.717) is 0 Å². The van der Waals surface area contributed by atoms with E-state index in [0.717, 1.165) is 36.4 Å². The number of H-pyrrole nitrogens is 1. The van der Waals surface area contributed by atoms with Crippen LogP contribution in [-0.2, 0) is 6.54 Å². The van der Waals surface area contributed by atoms with Crippen LogP contribution in [0.3, 0.4) is 0 Å². The Bertz CT molecular complexity index is 1030. The molecule has 0 radical (unpaired) electrons. The molecule has 0 saturated heterocycles.